The Hall–Kier alpha value is -1.85. The fourth-order valence-electron chi connectivity index (χ4n) is 1.12. The molecule has 1 unspecified atom stereocenters. The SMILES string of the molecule is Cc1noc(=O)n1C/C=C/CC(C)C(=O)O. The van der Waals surface area contributed by atoms with Gasteiger partial charge < -0.3 is 5.11 Å². The number of nitrogens with zero attached hydrogens (tertiary/aromatic N) is 2. The van der Waals surface area contributed by atoms with Crippen LogP contribution < -0.4 is 5.76 Å². The first-order valence-electron chi connectivity index (χ1n) is 4.93. The van der Waals surface area contributed by atoms with Crippen molar-refractivity contribution in [3.05, 3.63) is 28.5 Å². The summed E-state index contributed by atoms with van der Waals surface area (Å²) >= 11 is 0. The Morgan fingerprint density at radius 3 is 2.81 bits per heavy atom. The van der Waals surface area contributed by atoms with Gasteiger partial charge in [-0.2, -0.15) is 0 Å². The highest BCUT2D eigenvalue weighted by Gasteiger charge is 2.07. The highest BCUT2D eigenvalue weighted by Crippen LogP contribution is 2.02. The van der Waals surface area contributed by atoms with Crippen LogP contribution in [0.5, 0.6) is 0 Å². The smallest absolute Gasteiger partial charge is 0.441 e. The summed E-state index contributed by atoms with van der Waals surface area (Å²) in [5.74, 6) is -1.26. The third-order valence-corrected chi connectivity index (χ3v) is 2.23. The molecule has 0 amide bonds. The Bertz CT molecular complexity index is 444. The average Bonchev–Trinajstić information content (AvgIpc) is 2.54. The van der Waals surface area contributed by atoms with Gasteiger partial charge in [0.05, 0.1) is 5.92 Å². The zero-order valence-corrected chi connectivity index (χ0v) is 9.21. The summed E-state index contributed by atoms with van der Waals surface area (Å²) in [4.78, 5) is 21.6. The van der Waals surface area contributed by atoms with Crippen LogP contribution in [0.4, 0.5) is 0 Å². The first kappa shape index (κ1) is 12.2. The summed E-state index contributed by atoms with van der Waals surface area (Å²) in [5, 5.41) is 12.1. The van der Waals surface area contributed by atoms with Gasteiger partial charge in [0.25, 0.3) is 0 Å². The van der Waals surface area contributed by atoms with Gasteiger partial charge >= 0.3 is 11.7 Å². The number of hydrogen-bond acceptors (Lipinski definition) is 4. The van der Waals surface area contributed by atoms with Gasteiger partial charge in [0, 0.05) is 6.54 Å². The summed E-state index contributed by atoms with van der Waals surface area (Å²) in [6.45, 7) is 3.64. The number of carboxylic acids is 1. The lowest BCUT2D eigenvalue weighted by molar-refractivity contribution is -0.140. The molecule has 88 valence electrons. The fraction of sp³-hybridized carbons (Fsp3) is 0.500. The van der Waals surface area contributed by atoms with Crippen LogP contribution in [-0.4, -0.2) is 20.8 Å². The Kier molecular flexibility index (Phi) is 4.04. The summed E-state index contributed by atoms with van der Waals surface area (Å²) < 4.78 is 5.80. The molecule has 0 saturated heterocycles. The van der Waals surface area contributed by atoms with Crippen LogP contribution in [0.2, 0.25) is 0 Å². The number of aromatic nitrogens is 2. The first-order chi connectivity index (χ1) is 7.52. The molecular formula is C10H14N2O4. The molecule has 0 saturated carbocycles. The Labute approximate surface area is 92.2 Å². The molecule has 0 aliphatic carbocycles. The van der Waals surface area contributed by atoms with Crippen LogP contribution >= 0.6 is 0 Å². The van der Waals surface area contributed by atoms with Gasteiger partial charge in [-0.25, -0.2) is 4.79 Å². The molecule has 0 aliphatic heterocycles. The van der Waals surface area contributed by atoms with E-state index in [9.17, 15) is 9.59 Å². The molecule has 0 fully saturated rings. The zero-order valence-electron chi connectivity index (χ0n) is 9.21. The van der Waals surface area contributed by atoms with E-state index in [0.29, 0.717) is 18.8 Å². The number of aliphatic carboxylic acids is 1. The van der Waals surface area contributed by atoms with E-state index in [4.69, 9.17) is 5.11 Å². The Morgan fingerprint density at radius 1 is 1.62 bits per heavy atom. The van der Waals surface area contributed by atoms with Crippen molar-refractivity contribution >= 4 is 5.97 Å². The maximum absolute atomic E-state index is 11.1. The van der Waals surface area contributed by atoms with E-state index < -0.39 is 17.6 Å². The van der Waals surface area contributed by atoms with Gasteiger partial charge in [-0.15, -0.1) is 0 Å². The molecule has 0 radical (unpaired) electrons. The van der Waals surface area contributed by atoms with Gasteiger partial charge in [-0.1, -0.05) is 24.2 Å². The number of carbonyl (C=O) groups is 1. The van der Waals surface area contributed by atoms with E-state index in [1.165, 1.54) is 4.57 Å². The fourth-order valence-corrected chi connectivity index (χ4v) is 1.12. The van der Waals surface area contributed by atoms with E-state index >= 15 is 0 Å². The topological polar surface area (TPSA) is 85.3 Å². The van der Waals surface area contributed by atoms with E-state index in [0.717, 1.165) is 0 Å². The number of carboxylic acid groups (broad SMARTS) is 1. The molecule has 6 nitrogen and oxygen atoms in total. The summed E-state index contributed by atoms with van der Waals surface area (Å²) in [6.07, 6.45) is 3.90. The second-order valence-corrected chi connectivity index (χ2v) is 3.55. The molecule has 1 heterocycles. The molecule has 1 N–H and O–H groups in total. The molecule has 0 aromatic carbocycles. The minimum atomic E-state index is -0.831. The maximum Gasteiger partial charge on any atom is 0.441 e. The van der Waals surface area contributed by atoms with Crippen molar-refractivity contribution in [3.8, 4) is 0 Å². The van der Waals surface area contributed by atoms with Crippen molar-refractivity contribution in [3.63, 3.8) is 0 Å². The maximum atomic E-state index is 11.1. The van der Waals surface area contributed by atoms with Crippen LogP contribution in [0.15, 0.2) is 21.5 Å². The van der Waals surface area contributed by atoms with Crippen LogP contribution in [-0.2, 0) is 11.3 Å². The van der Waals surface area contributed by atoms with Crippen molar-refractivity contribution in [2.24, 2.45) is 5.92 Å². The molecule has 16 heavy (non-hydrogen) atoms. The highest BCUT2D eigenvalue weighted by atomic mass is 16.5. The lowest BCUT2D eigenvalue weighted by atomic mass is 10.1. The molecule has 1 atom stereocenters. The quantitative estimate of drug-likeness (QED) is 0.751. The average molecular weight is 226 g/mol. The normalized spacial score (nSPS) is 13.1. The third-order valence-electron chi connectivity index (χ3n) is 2.23. The molecule has 1 aromatic rings. The summed E-state index contributed by atoms with van der Waals surface area (Å²) in [5.41, 5.74) is 0. The van der Waals surface area contributed by atoms with Gasteiger partial charge in [0.15, 0.2) is 5.82 Å². The van der Waals surface area contributed by atoms with Crippen molar-refractivity contribution in [2.75, 3.05) is 0 Å². The number of aryl methyl sites for hydroxylation is 1. The van der Waals surface area contributed by atoms with Crippen molar-refractivity contribution in [1.82, 2.24) is 9.72 Å². The number of hydrogen-bond donors (Lipinski definition) is 1. The number of allylic oxidation sites excluding steroid dienone is 2. The molecular weight excluding hydrogens is 212 g/mol. The standard InChI is InChI=1S/C10H14N2O4/c1-7(9(13)14)5-3-4-6-12-8(2)11-16-10(12)15/h3-4,7H,5-6H2,1-2H3,(H,13,14)/b4-3+. The lowest BCUT2D eigenvalue weighted by Crippen LogP contribution is -2.14. The van der Waals surface area contributed by atoms with Gasteiger partial charge in [-0.3, -0.25) is 13.9 Å². The molecule has 1 rings (SSSR count). The van der Waals surface area contributed by atoms with Crippen LogP contribution in [0, 0.1) is 12.8 Å². The lowest BCUT2D eigenvalue weighted by Gasteiger charge is -2.00. The Balaban J connectivity index is 2.49. The van der Waals surface area contributed by atoms with Gasteiger partial charge in [-0.05, 0) is 13.3 Å². The Morgan fingerprint density at radius 2 is 2.31 bits per heavy atom. The predicted octanol–water partition coefficient (Wildman–Crippen LogP) is 0.812. The molecule has 6 heteroatoms. The van der Waals surface area contributed by atoms with E-state index in [1.807, 2.05) is 0 Å². The van der Waals surface area contributed by atoms with E-state index in [1.54, 1.807) is 26.0 Å². The van der Waals surface area contributed by atoms with Crippen LogP contribution in [0.1, 0.15) is 19.2 Å². The number of rotatable bonds is 5. The van der Waals surface area contributed by atoms with Crippen LogP contribution in [0.25, 0.3) is 0 Å². The van der Waals surface area contributed by atoms with Crippen molar-refractivity contribution < 1.29 is 14.4 Å². The van der Waals surface area contributed by atoms with Gasteiger partial charge in [0.2, 0.25) is 0 Å². The summed E-state index contributed by atoms with van der Waals surface area (Å²) in [7, 11) is 0. The first-order valence-corrected chi connectivity index (χ1v) is 4.93. The predicted molar refractivity (Wildman–Crippen MR) is 56.1 cm³/mol. The van der Waals surface area contributed by atoms with Gasteiger partial charge in [0.1, 0.15) is 0 Å². The summed E-state index contributed by atoms with van der Waals surface area (Å²) in [6, 6.07) is 0. The molecule has 1 aromatic heterocycles. The van der Waals surface area contributed by atoms with Crippen LogP contribution in [0.3, 0.4) is 0 Å². The van der Waals surface area contributed by atoms with E-state index in [2.05, 4.69) is 9.68 Å². The molecule has 0 aliphatic rings. The largest absolute Gasteiger partial charge is 0.481 e. The van der Waals surface area contributed by atoms with Crippen molar-refractivity contribution in [2.45, 2.75) is 26.8 Å². The zero-order chi connectivity index (χ0) is 12.1. The minimum Gasteiger partial charge on any atom is -0.481 e. The third kappa shape index (κ3) is 3.08. The van der Waals surface area contributed by atoms with Crippen molar-refractivity contribution in [1.29, 1.82) is 0 Å². The molecule has 0 bridgehead atoms. The molecule has 0 spiro atoms. The second-order valence-electron chi connectivity index (χ2n) is 3.55. The second kappa shape index (κ2) is 5.29. The monoisotopic (exact) mass is 226 g/mol. The van der Waals surface area contributed by atoms with E-state index in [-0.39, 0.29) is 0 Å². The minimum absolute atomic E-state index is 0.348. The highest BCUT2D eigenvalue weighted by molar-refractivity contribution is 5.69.